The molecular formula is C33H39FN8O2. The number of alkyl halides is 1. The molecule has 1 spiro atoms. The van der Waals surface area contributed by atoms with Crippen molar-refractivity contribution in [3.05, 3.63) is 76.9 Å². The van der Waals surface area contributed by atoms with Gasteiger partial charge in [-0.05, 0) is 89.0 Å². The fourth-order valence-corrected chi connectivity index (χ4v) is 7.18. The van der Waals surface area contributed by atoms with Crippen LogP contribution in [0.1, 0.15) is 43.9 Å². The van der Waals surface area contributed by atoms with Crippen molar-refractivity contribution in [3.8, 4) is 5.82 Å². The number of nitrogens with one attached hydrogen (secondary N) is 1. The lowest BCUT2D eigenvalue weighted by atomic mass is 9.72. The molecular weight excluding hydrogens is 559 g/mol. The Balaban J connectivity index is 1.20. The van der Waals surface area contributed by atoms with Crippen molar-refractivity contribution in [1.82, 2.24) is 29.2 Å². The predicted octanol–water partition coefficient (Wildman–Crippen LogP) is 4.32. The number of hydrogen-bond donors (Lipinski definition) is 2. The maximum atomic E-state index is 14.8. The first kappa shape index (κ1) is 28.7. The Kier molecular flexibility index (Phi) is 6.85. The number of nitrogens with zero attached hydrogens (tertiary/aromatic N) is 7. The maximum Gasteiger partial charge on any atom is 0.278 e. The largest absolute Gasteiger partial charge is 0.383 e. The first-order chi connectivity index (χ1) is 21.1. The molecule has 2 N–H and O–H groups in total. The molecule has 10 nitrogen and oxygen atoms in total. The molecule has 4 aromatic rings. The molecule has 3 aromatic heterocycles. The highest BCUT2D eigenvalue weighted by molar-refractivity contribution is 5.77. The van der Waals surface area contributed by atoms with E-state index in [2.05, 4.69) is 21.8 Å². The van der Waals surface area contributed by atoms with Crippen molar-refractivity contribution < 1.29 is 9.50 Å². The number of piperidine rings is 1. The third-order valence-corrected chi connectivity index (χ3v) is 10.0. The molecule has 1 aliphatic heterocycles. The summed E-state index contributed by atoms with van der Waals surface area (Å²) in [4.78, 5) is 31.7. The smallest absolute Gasteiger partial charge is 0.278 e. The van der Waals surface area contributed by atoms with Crippen LogP contribution >= 0.6 is 0 Å². The minimum atomic E-state index is -1.04. The van der Waals surface area contributed by atoms with Crippen LogP contribution < -0.4 is 15.8 Å². The van der Waals surface area contributed by atoms with Gasteiger partial charge in [-0.25, -0.2) is 23.7 Å². The Hall–Kier alpha value is -4.09. The summed E-state index contributed by atoms with van der Waals surface area (Å²) in [6.07, 6.45) is 6.87. The van der Waals surface area contributed by atoms with E-state index in [0.29, 0.717) is 35.0 Å². The molecule has 1 saturated heterocycles. The van der Waals surface area contributed by atoms with Gasteiger partial charge in [0, 0.05) is 35.6 Å². The highest BCUT2D eigenvalue weighted by Crippen LogP contribution is 2.63. The van der Waals surface area contributed by atoms with Crippen LogP contribution in [-0.4, -0.2) is 73.7 Å². The van der Waals surface area contributed by atoms with Gasteiger partial charge in [-0.3, -0.25) is 4.79 Å². The lowest BCUT2D eigenvalue weighted by Gasteiger charge is -2.39. The van der Waals surface area contributed by atoms with E-state index in [-0.39, 0.29) is 23.6 Å². The van der Waals surface area contributed by atoms with Crippen LogP contribution in [0.15, 0.2) is 60.0 Å². The normalized spacial score (nSPS) is 24.1. The summed E-state index contributed by atoms with van der Waals surface area (Å²) in [6, 6.07) is 11.6. The second-order valence-corrected chi connectivity index (χ2v) is 12.9. The number of pyridine rings is 1. The number of aryl methyl sites for hydroxylation is 1. The second kappa shape index (κ2) is 10.5. The van der Waals surface area contributed by atoms with Crippen molar-refractivity contribution in [2.45, 2.75) is 63.4 Å². The molecule has 1 aromatic carbocycles. The van der Waals surface area contributed by atoms with Crippen LogP contribution in [-0.2, 0) is 18.6 Å². The van der Waals surface area contributed by atoms with E-state index >= 15 is 0 Å². The van der Waals surface area contributed by atoms with Crippen molar-refractivity contribution in [2.75, 3.05) is 37.4 Å². The molecule has 1 saturated carbocycles. The highest BCUT2D eigenvalue weighted by Gasteiger charge is 2.59. The molecule has 11 heteroatoms. The maximum absolute atomic E-state index is 14.8. The van der Waals surface area contributed by atoms with Crippen molar-refractivity contribution in [1.29, 1.82) is 0 Å². The Morgan fingerprint density at radius 1 is 1.16 bits per heavy atom. The third-order valence-electron chi connectivity index (χ3n) is 10.0. The van der Waals surface area contributed by atoms with E-state index in [1.165, 1.54) is 6.20 Å². The zero-order chi connectivity index (χ0) is 30.8. The second-order valence-electron chi connectivity index (χ2n) is 12.9. The molecule has 0 bridgehead atoms. The molecule has 2 fully saturated rings. The predicted molar refractivity (Wildman–Crippen MR) is 170 cm³/mol. The van der Waals surface area contributed by atoms with Crippen LogP contribution in [0.5, 0.6) is 0 Å². The van der Waals surface area contributed by atoms with Crippen LogP contribution in [0.3, 0.4) is 0 Å². The minimum Gasteiger partial charge on any atom is -0.383 e. The van der Waals surface area contributed by atoms with Gasteiger partial charge in [0.25, 0.3) is 5.56 Å². The zero-order valence-electron chi connectivity index (χ0n) is 25.5. The summed E-state index contributed by atoms with van der Waals surface area (Å²) in [5.41, 5.74) is 2.46. The fourth-order valence-electron chi connectivity index (χ4n) is 7.18. The summed E-state index contributed by atoms with van der Waals surface area (Å²) in [5, 5.41) is 15.2. The summed E-state index contributed by atoms with van der Waals surface area (Å²) in [6.45, 7) is 7.13. The number of allylic oxidation sites excluding steroid dienone is 1. The molecule has 7 rings (SSSR count). The molecule has 44 heavy (non-hydrogen) atoms. The van der Waals surface area contributed by atoms with E-state index in [1.54, 1.807) is 15.4 Å². The molecule has 3 aliphatic rings. The third kappa shape index (κ3) is 4.60. The summed E-state index contributed by atoms with van der Waals surface area (Å²) >= 11 is 0. The molecule has 3 atom stereocenters. The minimum absolute atomic E-state index is 0.0579. The van der Waals surface area contributed by atoms with E-state index in [4.69, 9.17) is 9.97 Å². The number of hydrogen-bond acceptors (Lipinski definition) is 8. The quantitative estimate of drug-likeness (QED) is 0.303. The molecule has 230 valence electrons. The van der Waals surface area contributed by atoms with Gasteiger partial charge in [0.1, 0.15) is 17.2 Å². The van der Waals surface area contributed by atoms with Gasteiger partial charge in [-0.1, -0.05) is 12.1 Å². The van der Waals surface area contributed by atoms with E-state index < -0.39 is 11.8 Å². The van der Waals surface area contributed by atoms with Gasteiger partial charge in [-0.15, -0.1) is 6.58 Å². The summed E-state index contributed by atoms with van der Waals surface area (Å²) in [5.74, 6) is 0.834. The monoisotopic (exact) mass is 598 g/mol. The Labute approximate surface area is 255 Å². The molecule has 4 heterocycles. The standard InChI is InChI=1S/C33H39FN8O2/c1-5-17-41-30(43)24-19-35-31(36-22-7-9-23(10-8-22)40-18-13-26(39(3)4)25(34)20-40)38-29(24)42(41)27-11-6-21-12-14-33(15-16-33)32(2,44)28(21)37-27/h5-11,19,25-26,44H,1,12-18,20H2,2-4H3,(H,35,36,38)/t25-,26?,32?/m0/s1. The first-order valence-corrected chi connectivity index (χ1v) is 15.4. The zero-order valence-corrected chi connectivity index (χ0v) is 25.5. The molecule has 0 radical (unpaired) electrons. The highest BCUT2D eigenvalue weighted by atomic mass is 19.1. The van der Waals surface area contributed by atoms with E-state index in [9.17, 15) is 14.3 Å². The van der Waals surface area contributed by atoms with Crippen LogP contribution in [0, 0.1) is 5.41 Å². The number of benzene rings is 1. The number of rotatable bonds is 7. The van der Waals surface area contributed by atoms with Crippen molar-refractivity contribution in [2.24, 2.45) is 5.41 Å². The lowest BCUT2D eigenvalue weighted by molar-refractivity contribution is -0.0371. The van der Waals surface area contributed by atoms with Gasteiger partial charge in [-0.2, -0.15) is 4.98 Å². The van der Waals surface area contributed by atoms with Gasteiger partial charge < -0.3 is 20.2 Å². The lowest BCUT2D eigenvalue weighted by Crippen LogP contribution is -2.50. The molecule has 2 aliphatic carbocycles. The van der Waals surface area contributed by atoms with Gasteiger partial charge in [0.15, 0.2) is 11.5 Å². The molecule has 2 unspecified atom stereocenters. The fraction of sp³-hybridized carbons (Fsp3) is 0.455. The Morgan fingerprint density at radius 3 is 2.61 bits per heavy atom. The topological polar surface area (TPSA) is 104 Å². The van der Waals surface area contributed by atoms with Crippen molar-refractivity contribution >= 4 is 28.4 Å². The molecule has 0 amide bonds. The summed E-state index contributed by atoms with van der Waals surface area (Å²) < 4.78 is 18.0. The van der Waals surface area contributed by atoms with Crippen molar-refractivity contribution in [3.63, 3.8) is 0 Å². The number of fused-ring (bicyclic) bond motifs is 2. The van der Waals surface area contributed by atoms with E-state index in [1.807, 2.05) is 62.3 Å². The Morgan fingerprint density at radius 2 is 1.93 bits per heavy atom. The van der Waals surface area contributed by atoms with Gasteiger partial charge in [0.05, 0.1) is 18.8 Å². The Bertz CT molecular complexity index is 1790. The number of anilines is 3. The number of aromatic nitrogens is 5. The summed E-state index contributed by atoms with van der Waals surface area (Å²) in [7, 11) is 3.86. The van der Waals surface area contributed by atoms with Crippen LogP contribution in [0.2, 0.25) is 0 Å². The average Bonchev–Trinajstić information content (AvgIpc) is 3.76. The number of halogens is 1. The van der Waals surface area contributed by atoms with E-state index in [0.717, 1.165) is 55.6 Å². The van der Waals surface area contributed by atoms with Crippen LogP contribution in [0.25, 0.3) is 16.9 Å². The number of aliphatic hydroxyl groups is 1. The van der Waals surface area contributed by atoms with Gasteiger partial charge >= 0.3 is 0 Å². The first-order valence-electron chi connectivity index (χ1n) is 15.4. The van der Waals surface area contributed by atoms with Crippen LogP contribution in [0.4, 0.5) is 21.7 Å². The average molecular weight is 599 g/mol. The van der Waals surface area contributed by atoms with Gasteiger partial charge in [0.2, 0.25) is 5.95 Å². The SMILES string of the molecule is C=CCn1c(=O)c2cnc(Nc3ccc(N4CCC(N(C)C)[C@@H](F)C4)cc3)nc2n1-c1ccc2c(n1)C(C)(O)C1(CC2)CC1.